The molecule has 0 aliphatic rings. The molecule has 5 heteroatoms. The van der Waals surface area contributed by atoms with Gasteiger partial charge in [0.05, 0.1) is 0 Å². The molecule has 0 saturated carbocycles. The summed E-state index contributed by atoms with van der Waals surface area (Å²) in [5.74, 6) is 0. The van der Waals surface area contributed by atoms with Crippen molar-refractivity contribution in [3.8, 4) is 4.97 Å². The molecule has 0 amide bonds. The van der Waals surface area contributed by atoms with Gasteiger partial charge < -0.3 is 0 Å². The standard InChI is InChI=1S/C16H9Cl2NOSe/c17-13-5-1-11(2-6-13)15(9-20)16(21-10-19)12-3-7-14(18)8-4-12/h1-9H/b16-15+. The zero-order valence-corrected chi connectivity index (χ0v) is 13.9. The Hall–Kier alpha value is -1.56. The molecule has 0 fully saturated rings. The number of hydrogen-bond acceptors (Lipinski definition) is 2. The topological polar surface area (TPSA) is 40.9 Å². The van der Waals surface area contributed by atoms with Gasteiger partial charge in [-0.15, -0.1) is 0 Å². The van der Waals surface area contributed by atoms with Crippen LogP contribution in [0, 0.1) is 10.2 Å². The van der Waals surface area contributed by atoms with Gasteiger partial charge >= 0.3 is 139 Å². The van der Waals surface area contributed by atoms with Crippen molar-refractivity contribution >= 4 is 54.5 Å². The number of halogens is 2. The Morgan fingerprint density at radius 2 is 1.43 bits per heavy atom. The number of hydrogen-bond donors (Lipinski definition) is 0. The van der Waals surface area contributed by atoms with Crippen molar-refractivity contribution in [2.45, 2.75) is 0 Å². The van der Waals surface area contributed by atoms with E-state index in [9.17, 15) is 4.79 Å². The molecular formula is C16H9Cl2NOSe. The second-order valence-electron chi connectivity index (χ2n) is 4.07. The number of benzene rings is 2. The number of carbonyl (C=O) groups excluding carboxylic acids is 1. The first kappa shape index (κ1) is 15.8. The Labute approximate surface area is 139 Å². The molecule has 0 bridgehead atoms. The molecule has 0 radical (unpaired) electrons. The number of allylic oxidation sites excluding steroid dienone is 1. The monoisotopic (exact) mass is 381 g/mol. The molecular weight excluding hydrogens is 372 g/mol. The molecule has 0 heterocycles. The summed E-state index contributed by atoms with van der Waals surface area (Å²) >= 11 is 11.3. The molecule has 0 saturated heterocycles. The van der Waals surface area contributed by atoms with Gasteiger partial charge in [0.15, 0.2) is 0 Å². The average Bonchev–Trinajstić information content (AvgIpc) is 2.50. The molecule has 104 valence electrons. The minimum atomic E-state index is -0.469. The Kier molecular flexibility index (Phi) is 5.61. The van der Waals surface area contributed by atoms with Crippen LogP contribution in [0.5, 0.6) is 0 Å². The van der Waals surface area contributed by atoms with Gasteiger partial charge in [-0.25, -0.2) is 0 Å². The predicted molar refractivity (Wildman–Crippen MR) is 87.1 cm³/mol. The summed E-state index contributed by atoms with van der Waals surface area (Å²) in [4.78, 5) is 13.7. The van der Waals surface area contributed by atoms with E-state index in [2.05, 4.69) is 4.97 Å². The second-order valence-corrected chi connectivity index (χ2v) is 6.61. The summed E-state index contributed by atoms with van der Waals surface area (Å²) in [6.07, 6.45) is 0.784. The quantitative estimate of drug-likeness (QED) is 0.344. The molecule has 0 unspecified atom stereocenters. The van der Waals surface area contributed by atoms with E-state index in [0.717, 1.165) is 21.9 Å². The van der Waals surface area contributed by atoms with E-state index in [1.165, 1.54) is 0 Å². The molecule has 0 atom stereocenters. The Bertz CT molecular complexity index is 715. The van der Waals surface area contributed by atoms with E-state index in [-0.39, 0.29) is 0 Å². The third-order valence-corrected chi connectivity index (χ3v) is 4.85. The van der Waals surface area contributed by atoms with Crippen molar-refractivity contribution in [3.05, 3.63) is 69.7 Å². The third-order valence-electron chi connectivity index (χ3n) is 2.77. The summed E-state index contributed by atoms with van der Waals surface area (Å²) in [7, 11) is 0. The van der Waals surface area contributed by atoms with Gasteiger partial charge in [-0.2, -0.15) is 0 Å². The van der Waals surface area contributed by atoms with E-state index in [1.807, 2.05) is 12.1 Å². The van der Waals surface area contributed by atoms with Crippen LogP contribution in [0.25, 0.3) is 10.0 Å². The van der Waals surface area contributed by atoms with Crippen molar-refractivity contribution in [1.29, 1.82) is 5.26 Å². The van der Waals surface area contributed by atoms with Gasteiger partial charge in [0.2, 0.25) is 0 Å². The minimum absolute atomic E-state index is 0.469. The van der Waals surface area contributed by atoms with Crippen LogP contribution in [-0.4, -0.2) is 21.2 Å². The second kappa shape index (κ2) is 7.45. The molecule has 0 aromatic heterocycles. The SMILES string of the molecule is N#C[Se]/C(=C(\C=O)c1ccc(Cl)cc1)c1ccc(Cl)cc1. The first-order chi connectivity index (χ1) is 10.2. The summed E-state index contributed by atoms with van der Waals surface area (Å²) < 4.78 is 0.735. The molecule has 0 spiro atoms. The zero-order valence-electron chi connectivity index (χ0n) is 10.7. The van der Waals surface area contributed by atoms with Crippen molar-refractivity contribution in [1.82, 2.24) is 0 Å². The van der Waals surface area contributed by atoms with Gasteiger partial charge in [-0.1, -0.05) is 0 Å². The van der Waals surface area contributed by atoms with E-state index in [1.54, 1.807) is 36.4 Å². The van der Waals surface area contributed by atoms with Gasteiger partial charge in [-0.3, -0.25) is 0 Å². The fourth-order valence-corrected chi connectivity index (χ4v) is 3.35. The molecule has 2 nitrogen and oxygen atoms in total. The van der Waals surface area contributed by atoms with Crippen LogP contribution in [0.4, 0.5) is 0 Å². The molecule has 2 aromatic rings. The fraction of sp³-hybridized carbons (Fsp3) is 0. The van der Waals surface area contributed by atoms with Crippen molar-refractivity contribution in [2.24, 2.45) is 0 Å². The Morgan fingerprint density at radius 1 is 0.952 bits per heavy atom. The van der Waals surface area contributed by atoms with Gasteiger partial charge in [-0.05, 0) is 0 Å². The van der Waals surface area contributed by atoms with E-state index < -0.39 is 15.0 Å². The summed E-state index contributed by atoms with van der Waals surface area (Å²) in [5, 5.41) is 10.3. The van der Waals surface area contributed by atoms with Crippen LogP contribution in [0.2, 0.25) is 10.0 Å². The van der Waals surface area contributed by atoms with Crippen LogP contribution in [-0.2, 0) is 4.79 Å². The molecule has 0 aliphatic carbocycles. The first-order valence-electron chi connectivity index (χ1n) is 5.93. The zero-order chi connectivity index (χ0) is 15.2. The molecule has 0 N–H and O–H groups in total. The summed E-state index contributed by atoms with van der Waals surface area (Å²) in [6.45, 7) is 0. The van der Waals surface area contributed by atoms with Crippen LogP contribution < -0.4 is 0 Å². The number of aldehydes is 1. The Balaban J connectivity index is 2.59. The molecule has 0 aliphatic heterocycles. The number of carbonyl (C=O) groups is 1. The van der Waals surface area contributed by atoms with Crippen molar-refractivity contribution in [2.75, 3.05) is 0 Å². The van der Waals surface area contributed by atoms with Crippen LogP contribution >= 0.6 is 23.2 Å². The van der Waals surface area contributed by atoms with E-state index in [0.29, 0.717) is 15.6 Å². The van der Waals surface area contributed by atoms with Gasteiger partial charge in [0.25, 0.3) is 0 Å². The normalized spacial score (nSPS) is 11.5. The maximum absolute atomic E-state index is 11.5. The van der Waals surface area contributed by atoms with Gasteiger partial charge in [0, 0.05) is 0 Å². The Morgan fingerprint density at radius 3 is 1.86 bits per heavy atom. The fourth-order valence-electron chi connectivity index (χ4n) is 1.80. The van der Waals surface area contributed by atoms with Gasteiger partial charge in [0.1, 0.15) is 0 Å². The molecule has 2 rings (SSSR count). The molecule has 2 aromatic carbocycles. The summed E-state index contributed by atoms with van der Waals surface area (Å²) in [5.41, 5.74) is 2.09. The van der Waals surface area contributed by atoms with Crippen LogP contribution in [0.1, 0.15) is 11.1 Å². The van der Waals surface area contributed by atoms with E-state index >= 15 is 0 Å². The number of nitriles is 1. The van der Waals surface area contributed by atoms with Crippen molar-refractivity contribution in [3.63, 3.8) is 0 Å². The maximum atomic E-state index is 11.5. The number of nitrogens with zero attached hydrogens (tertiary/aromatic N) is 1. The number of rotatable bonds is 4. The van der Waals surface area contributed by atoms with Crippen LogP contribution in [0.3, 0.4) is 0 Å². The predicted octanol–water partition coefficient (Wildman–Crippen LogP) is 4.25. The third kappa shape index (κ3) is 3.97. The van der Waals surface area contributed by atoms with E-state index in [4.69, 9.17) is 28.5 Å². The summed E-state index contributed by atoms with van der Waals surface area (Å²) in [6, 6.07) is 14.1. The molecule has 21 heavy (non-hydrogen) atoms. The van der Waals surface area contributed by atoms with Crippen LogP contribution in [0.15, 0.2) is 48.5 Å². The average molecular weight is 381 g/mol. The van der Waals surface area contributed by atoms with Crippen molar-refractivity contribution < 1.29 is 4.79 Å². The first-order valence-corrected chi connectivity index (χ1v) is 8.40.